The molecule has 0 spiro atoms. The molecule has 0 bridgehead atoms. The number of carbonyl (C=O) groups excluding carboxylic acids is 1. The predicted octanol–water partition coefficient (Wildman–Crippen LogP) is 1.74. The molecule has 1 aliphatic heterocycles. The van der Waals surface area contributed by atoms with E-state index in [4.69, 9.17) is 0 Å². The molecule has 1 saturated heterocycles. The minimum absolute atomic E-state index is 0.0575. The van der Waals surface area contributed by atoms with Crippen LogP contribution in [0.1, 0.15) is 38.1 Å². The van der Waals surface area contributed by atoms with Gasteiger partial charge in [0.1, 0.15) is 10.9 Å². The van der Waals surface area contributed by atoms with E-state index in [1.807, 2.05) is 0 Å². The standard InChI is InChI=1S/C15H23F3N4O3S/c1-5-21-10(3)14(9(2)20-21)26(24,25)22-8-12(19-11(4)23)6-7-13(22)15(16,17)18/h12-13H,5-8H2,1-4H3,(H,19,23). The smallest absolute Gasteiger partial charge is 0.352 e. The maximum absolute atomic E-state index is 13.5. The van der Waals surface area contributed by atoms with Gasteiger partial charge in [-0.1, -0.05) is 0 Å². The van der Waals surface area contributed by atoms with E-state index < -0.39 is 47.2 Å². The molecule has 0 aromatic carbocycles. The van der Waals surface area contributed by atoms with Crippen molar-refractivity contribution in [3.63, 3.8) is 0 Å². The van der Waals surface area contributed by atoms with Gasteiger partial charge in [-0.05, 0) is 33.6 Å². The van der Waals surface area contributed by atoms with Gasteiger partial charge in [0.2, 0.25) is 15.9 Å². The van der Waals surface area contributed by atoms with Crippen molar-refractivity contribution in [2.45, 2.75) is 70.2 Å². The highest BCUT2D eigenvalue weighted by molar-refractivity contribution is 7.89. The molecule has 1 aromatic heterocycles. The molecule has 26 heavy (non-hydrogen) atoms. The van der Waals surface area contributed by atoms with Gasteiger partial charge in [-0.3, -0.25) is 9.48 Å². The van der Waals surface area contributed by atoms with Crippen molar-refractivity contribution in [3.8, 4) is 0 Å². The molecule has 0 radical (unpaired) electrons. The van der Waals surface area contributed by atoms with Gasteiger partial charge in [0, 0.05) is 26.1 Å². The zero-order chi connectivity index (χ0) is 19.9. The van der Waals surface area contributed by atoms with Crippen LogP contribution < -0.4 is 5.32 Å². The van der Waals surface area contributed by atoms with Gasteiger partial charge in [0.15, 0.2) is 0 Å². The second-order valence-electron chi connectivity index (χ2n) is 6.42. The second-order valence-corrected chi connectivity index (χ2v) is 8.25. The molecule has 2 rings (SSSR count). The molecule has 11 heteroatoms. The summed E-state index contributed by atoms with van der Waals surface area (Å²) >= 11 is 0. The quantitative estimate of drug-likeness (QED) is 0.840. The van der Waals surface area contributed by atoms with E-state index in [0.29, 0.717) is 16.5 Å². The normalized spacial score (nSPS) is 22.4. The lowest BCUT2D eigenvalue weighted by molar-refractivity contribution is -0.178. The fourth-order valence-electron chi connectivity index (χ4n) is 3.42. The number of aromatic nitrogens is 2. The summed E-state index contributed by atoms with van der Waals surface area (Å²) in [6.45, 7) is 5.97. The average Bonchev–Trinajstić information content (AvgIpc) is 2.80. The highest BCUT2D eigenvalue weighted by Gasteiger charge is 2.51. The third kappa shape index (κ3) is 3.88. The van der Waals surface area contributed by atoms with Crippen molar-refractivity contribution in [3.05, 3.63) is 11.4 Å². The van der Waals surface area contributed by atoms with E-state index >= 15 is 0 Å². The molecule has 1 aromatic rings. The van der Waals surface area contributed by atoms with Crippen LogP contribution in [0.3, 0.4) is 0 Å². The fourth-order valence-corrected chi connectivity index (χ4v) is 5.48. The summed E-state index contributed by atoms with van der Waals surface area (Å²) in [6.07, 6.45) is -5.05. The molecule has 2 heterocycles. The largest absolute Gasteiger partial charge is 0.405 e. The lowest BCUT2D eigenvalue weighted by atomic mass is 10.0. The summed E-state index contributed by atoms with van der Waals surface area (Å²) in [5, 5.41) is 6.62. The van der Waals surface area contributed by atoms with Crippen LogP contribution >= 0.6 is 0 Å². The van der Waals surface area contributed by atoms with Crippen LogP contribution in [0.2, 0.25) is 0 Å². The van der Waals surface area contributed by atoms with E-state index in [1.165, 1.54) is 25.5 Å². The van der Waals surface area contributed by atoms with E-state index in [9.17, 15) is 26.4 Å². The molecule has 1 amide bonds. The van der Waals surface area contributed by atoms with Gasteiger partial charge >= 0.3 is 6.18 Å². The Hall–Kier alpha value is -1.62. The van der Waals surface area contributed by atoms with Crippen LogP contribution in [0.5, 0.6) is 0 Å². The number of nitrogens with zero attached hydrogens (tertiary/aromatic N) is 3. The lowest BCUT2D eigenvalue weighted by Crippen LogP contribution is -2.58. The van der Waals surface area contributed by atoms with Gasteiger partial charge in [-0.25, -0.2) is 8.42 Å². The van der Waals surface area contributed by atoms with Crippen LogP contribution in [0, 0.1) is 13.8 Å². The van der Waals surface area contributed by atoms with Crippen molar-refractivity contribution in [1.29, 1.82) is 0 Å². The topological polar surface area (TPSA) is 84.3 Å². The van der Waals surface area contributed by atoms with Crippen molar-refractivity contribution in [1.82, 2.24) is 19.4 Å². The number of halogens is 3. The number of carbonyl (C=O) groups is 1. The molecule has 0 aliphatic carbocycles. The first-order valence-electron chi connectivity index (χ1n) is 8.29. The van der Waals surface area contributed by atoms with Gasteiger partial charge < -0.3 is 5.32 Å². The zero-order valence-corrected chi connectivity index (χ0v) is 15.9. The minimum Gasteiger partial charge on any atom is -0.352 e. The summed E-state index contributed by atoms with van der Waals surface area (Å²) in [5.41, 5.74) is 0.458. The van der Waals surface area contributed by atoms with Crippen molar-refractivity contribution in [2.24, 2.45) is 0 Å². The van der Waals surface area contributed by atoms with Crippen LogP contribution in [-0.2, 0) is 21.4 Å². The van der Waals surface area contributed by atoms with Gasteiger partial charge in [-0.2, -0.15) is 22.6 Å². The third-order valence-electron chi connectivity index (χ3n) is 4.50. The number of rotatable bonds is 4. The number of aryl methyl sites for hydroxylation is 2. The molecule has 148 valence electrons. The molecule has 1 aliphatic rings. The fraction of sp³-hybridized carbons (Fsp3) is 0.733. The summed E-state index contributed by atoms with van der Waals surface area (Å²) in [7, 11) is -4.43. The number of nitrogens with one attached hydrogen (secondary N) is 1. The number of amides is 1. The highest BCUT2D eigenvalue weighted by Crippen LogP contribution is 2.36. The molecule has 1 N–H and O–H groups in total. The minimum atomic E-state index is -4.70. The Bertz CT molecular complexity index is 789. The molecule has 1 fully saturated rings. The SMILES string of the molecule is CCn1nc(C)c(S(=O)(=O)N2CC(NC(C)=O)CCC2C(F)(F)F)c1C. The number of alkyl halides is 3. The Balaban J connectivity index is 2.50. The highest BCUT2D eigenvalue weighted by atomic mass is 32.2. The molecule has 2 atom stereocenters. The van der Waals surface area contributed by atoms with Crippen LogP contribution in [0.25, 0.3) is 0 Å². The first-order chi connectivity index (χ1) is 11.9. The van der Waals surface area contributed by atoms with Gasteiger partial charge in [0.05, 0.1) is 11.4 Å². The predicted molar refractivity (Wildman–Crippen MR) is 87.9 cm³/mol. The monoisotopic (exact) mass is 396 g/mol. The Morgan fingerprint density at radius 3 is 2.38 bits per heavy atom. The summed E-state index contributed by atoms with van der Waals surface area (Å²) in [4.78, 5) is 11.1. The van der Waals surface area contributed by atoms with Gasteiger partial charge in [-0.15, -0.1) is 0 Å². The van der Waals surface area contributed by atoms with Crippen LogP contribution in [-0.4, -0.2) is 53.2 Å². The molecular formula is C15H23F3N4O3S. The molecule has 7 nitrogen and oxygen atoms in total. The number of piperidine rings is 1. The van der Waals surface area contributed by atoms with Crippen molar-refractivity contribution < 1.29 is 26.4 Å². The number of hydrogen-bond acceptors (Lipinski definition) is 4. The molecular weight excluding hydrogens is 373 g/mol. The Labute approximate surface area is 150 Å². The van der Waals surface area contributed by atoms with Crippen molar-refractivity contribution >= 4 is 15.9 Å². The van der Waals surface area contributed by atoms with Crippen LogP contribution in [0.15, 0.2) is 4.90 Å². The zero-order valence-electron chi connectivity index (χ0n) is 15.1. The maximum atomic E-state index is 13.5. The Kier molecular flexibility index (Phi) is 5.71. The van der Waals surface area contributed by atoms with E-state index in [0.717, 1.165) is 0 Å². The number of hydrogen-bond donors (Lipinski definition) is 1. The van der Waals surface area contributed by atoms with E-state index in [-0.39, 0.29) is 17.0 Å². The first-order valence-corrected chi connectivity index (χ1v) is 9.73. The third-order valence-corrected chi connectivity index (χ3v) is 6.63. The maximum Gasteiger partial charge on any atom is 0.405 e. The first kappa shape index (κ1) is 20.7. The Morgan fingerprint density at radius 1 is 1.31 bits per heavy atom. The van der Waals surface area contributed by atoms with E-state index in [2.05, 4.69) is 10.4 Å². The van der Waals surface area contributed by atoms with Crippen LogP contribution in [0.4, 0.5) is 13.2 Å². The number of sulfonamides is 1. The lowest BCUT2D eigenvalue weighted by Gasteiger charge is -2.39. The summed E-state index contributed by atoms with van der Waals surface area (Å²) in [5.74, 6) is -0.413. The van der Waals surface area contributed by atoms with E-state index in [1.54, 1.807) is 6.92 Å². The average molecular weight is 396 g/mol. The van der Waals surface area contributed by atoms with Crippen molar-refractivity contribution in [2.75, 3.05) is 6.54 Å². The Morgan fingerprint density at radius 2 is 1.92 bits per heavy atom. The molecule has 0 saturated carbocycles. The second kappa shape index (κ2) is 7.18. The summed E-state index contributed by atoms with van der Waals surface area (Å²) < 4.78 is 68.6. The molecule has 2 unspecified atom stereocenters. The summed E-state index contributed by atoms with van der Waals surface area (Å²) in [6, 6.07) is -2.79. The van der Waals surface area contributed by atoms with Gasteiger partial charge in [0.25, 0.3) is 0 Å².